The van der Waals surface area contributed by atoms with Gasteiger partial charge in [-0.1, -0.05) is 43.1 Å². The maximum absolute atomic E-state index is 12.7. The molecule has 136 valence electrons. The Morgan fingerprint density at radius 1 is 1.23 bits per heavy atom. The van der Waals surface area contributed by atoms with Crippen LogP contribution >= 0.6 is 11.6 Å². The van der Waals surface area contributed by atoms with Gasteiger partial charge in [-0.05, 0) is 49.9 Å². The molecule has 2 aromatic rings. The number of ether oxygens (including phenoxy) is 1. The van der Waals surface area contributed by atoms with Crippen LogP contribution in [0.3, 0.4) is 0 Å². The minimum Gasteiger partial charge on any atom is -0.507 e. The van der Waals surface area contributed by atoms with Crippen LogP contribution in [0.25, 0.3) is 6.08 Å². The van der Waals surface area contributed by atoms with Crippen LogP contribution in [0.2, 0.25) is 5.02 Å². The van der Waals surface area contributed by atoms with Crippen molar-refractivity contribution in [1.29, 1.82) is 0 Å². The predicted molar refractivity (Wildman–Crippen MR) is 104 cm³/mol. The minimum absolute atomic E-state index is 0.138. The number of ketones is 1. The zero-order chi connectivity index (χ0) is 18.7. The molecule has 0 amide bonds. The number of halogens is 1. The highest BCUT2D eigenvalue weighted by molar-refractivity contribution is 6.32. The monoisotopic (exact) mass is 371 g/mol. The average Bonchev–Trinajstić information content (AvgIpc) is 2.94. The first-order valence-electron chi connectivity index (χ1n) is 8.73. The number of fused-ring (bicyclic) bond motifs is 1. The zero-order valence-electron chi connectivity index (χ0n) is 15.0. The maximum atomic E-state index is 12.7. The molecule has 0 spiro atoms. The molecule has 0 saturated heterocycles. The number of hydrogen-bond acceptors (Lipinski definition) is 4. The minimum atomic E-state index is -0.197. The van der Waals surface area contributed by atoms with E-state index in [1.165, 1.54) is 0 Å². The van der Waals surface area contributed by atoms with Crippen LogP contribution in [0.15, 0.2) is 42.2 Å². The third kappa shape index (κ3) is 3.76. The fourth-order valence-corrected chi connectivity index (χ4v) is 3.15. The molecule has 1 aliphatic heterocycles. The van der Waals surface area contributed by atoms with Crippen molar-refractivity contribution in [2.45, 2.75) is 26.3 Å². The molecule has 0 radical (unpaired) electrons. The lowest BCUT2D eigenvalue weighted by Crippen LogP contribution is -2.19. The smallest absolute Gasteiger partial charge is 0.231 e. The molecule has 0 aromatic heterocycles. The molecule has 3 rings (SSSR count). The fourth-order valence-electron chi connectivity index (χ4n) is 2.96. The van der Waals surface area contributed by atoms with Crippen molar-refractivity contribution in [3.8, 4) is 11.5 Å². The molecule has 1 N–H and O–H groups in total. The molecule has 1 heterocycles. The molecule has 2 aromatic carbocycles. The molecule has 0 aliphatic carbocycles. The van der Waals surface area contributed by atoms with Crippen molar-refractivity contribution in [3.63, 3.8) is 0 Å². The SMILES string of the molecule is CCCCN(C)Cc1c(O)ccc2c1O/C(=C\c1ccccc1Cl)C2=O. The van der Waals surface area contributed by atoms with E-state index in [0.29, 0.717) is 28.4 Å². The number of Topliss-reactive ketones (excluding diaryl/α,β-unsaturated/α-hetero) is 1. The van der Waals surface area contributed by atoms with Crippen LogP contribution in [0.1, 0.15) is 41.3 Å². The largest absolute Gasteiger partial charge is 0.507 e. The Bertz CT molecular complexity index is 860. The molecule has 0 atom stereocenters. The lowest BCUT2D eigenvalue weighted by molar-refractivity contribution is 0.101. The van der Waals surface area contributed by atoms with Crippen molar-refractivity contribution in [2.24, 2.45) is 0 Å². The van der Waals surface area contributed by atoms with Crippen molar-refractivity contribution < 1.29 is 14.6 Å². The number of allylic oxidation sites excluding steroid dienone is 1. The number of unbranched alkanes of at least 4 members (excludes halogenated alkanes) is 1. The summed E-state index contributed by atoms with van der Waals surface area (Å²) in [5, 5.41) is 10.8. The molecule has 0 bridgehead atoms. The second kappa shape index (κ2) is 7.94. The number of benzene rings is 2. The summed E-state index contributed by atoms with van der Waals surface area (Å²) < 4.78 is 5.86. The van der Waals surface area contributed by atoms with E-state index in [9.17, 15) is 9.90 Å². The van der Waals surface area contributed by atoms with Crippen molar-refractivity contribution in [1.82, 2.24) is 4.90 Å². The summed E-state index contributed by atoms with van der Waals surface area (Å²) in [5.41, 5.74) is 1.83. The maximum Gasteiger partial charge on any atom is 0.231 e. The standard InChI is InChI=1S/C21H22ClNO3/c1-3-4-11-23(2)13-16-18(24)10-9-15-20(25)19(26-21(15)16)12-14-7-5-6-8-17(14)22/h5-10,12,24H,3-4,11,13H2,1-2H3/b19-12-. The van der Waals surface area contributed by atoms with Crippen LogP contribution in [-0.2, 0) is 6.54 Å². The van der Waals surface area contributed by atoms with Gasteiger partial charge >= 0.3 is 0 Å². The first-order chi connectivity index (χ1) is 12.5. The summed E-state index contributed by atoms with van der Waals surface area (Å²) in [5.74, 6) is 0.601. The van der Waals surface area contributed by atoms with E-state index in [0.717, 1.165) is 24.9 Å². The van der Waals surface area contributed by atoms with Crippen molar-refractivity contribution >= 4 is 23.5 Å². The second-order valence-corrected chi connectivity index (χ2v) is 6.90. The topological polar surface area (TPSA) is 49.8 Å². The van der Waals surface area contributed by atoms with Crippen LogP contribution < -0.4 is 4.74 Å². The number of carbonyl (C=O) groups is 1. The van der Waals surface area contributed by atoms with Gasteiger partial charge in [0.2, 0.25) is 5.78 Å². The molecule has 4 nitrogen and oxygen atoms in total. The van der Waals surface area contributed by atoms with Gasteiger partial charge in [-0.15, -0.1) is 0 Å². The van der Waals surface area contributed by atoms with E-state index < -0.39 is 0 Å². The number of phenolic OH excluding ortho intramolecular Hbond substituents is 1. The van der Waals surface area contributed by atoms with E-state index >= 15 is 0 Å². The van der Waals surface area contributed by atoms with Gasteiger partial charge in [0.15, 0.2) is 5.76 Å². The van der Waals surface area contributed by atoms with Gasteiger partial charge in [0, 0.05) is 11.6 Å². The number of hydrogen-bond donors (Lipinski definition) is 1. The zero-order valence-corrected chi connectivity index (χ0v) is 15.7. The van der Waals surface area contributed by atoms with Gasteiger partial charge in [-0.3, -0.25) is 4.79 Å². The summed E-state index contributed by atoms with van der Waals surface area (Å²) in [6, 6.07) is 10.4. The third-order valence-electron chi connectivity index (χ3n) is 4.43. The molecule has 26 heavy (non-hydrogen) atoms. The van der Waals surface area contributed by atoms with Crippen molar-refractivity contribution in [3.05, 3.63) is 63.9 Å². The molecule has 0 unspecified atom stereocenters. The quantitative estimate of drug-likeness (QED) is 0.734. The second-order valence-electron chi connectivity index (χ2n) is 6.49. The summed E-state index contributed by atoms with van der Waals surface area (Å²) in [6.07, 6.45) is 3.82. The Labute approximate surface area is 158 Å². The molecule has 1 aliphatic rings. The number of rotatable bonds is 6. The number of aromatic hydroxyl groups is 1. The van der Waals surface area contributed by atoms with Gasteiger partial charge in [0.05, 0.1) is 11.1 Å². The molecular formula is C21H22ClNO3. The van der Waals surface area contributed by atoms with E-state index in [2.05, 4.69) is 11.8 Å². The molecular weight excluding hydrogens is 350 g/mol. The number of phenols is 1. The summed E-state index contributed by atoms with van der Waals surface area (Å²) in [6.45, 7) is 3.57. The van der Waals surface area contributed by atoms with E-state index in [4.69, 9.17) is 16.3 Å². The summed E-state index contributed by atoms with van der Waals surface area (Å²) in [4.78, 5) is 14.8. The highest BCUT2D eigenvalue weighted by Gasteiger charge is 2.31. The molecule has 0 saturated carbocycles. The van der Waals surface area contributed by atoms with Gasteiger partial charge in [-0.25, -0.2) is 0 Å². The predicted octanol–water partition coefficient (Wildman–Crippen LogP) is 4.89. The van der Waals surface area contributed by atoms with Gasteiger partial charge in [-0.2, -0.15) is 0 Å². The first kappa shape index (κ1) is 18.5. The first-order valence-corrected chi connectivity index (χ1v) is 9.11. The van der Waals surface area contributed by atoms with Crippen LogP contribution in [0, 0.1) is 0 Å². The number of nitrogens with zero attached hydrogens (tertiary/aromatic N) is 1. The number of carbonyl (C=O) groups excluding carboxylic acids is 1. The Balaban J connectivity index is 1.92. The lowest BCUT2D eigenvalue weighted by Gasteiger charge is -2.18. The Morgan fingerprint density at radius 3 is 2.73 bits per heavy atom. The van der Waals surface area contributed by atoms with E-state index in [1.807, 2.05) is 25.2 Å². The van der Waals surface area contributed by atoms with E-state index in [-0.39, 0.29) is 17.3 Å². The van der Waals surface area contributed by atoms with Crippen LogP contribution in [0.5, 0.6) is 11.5 Å². The van der Waals surface area contributed by atoms with E-state index in [1.54, 1.807) is 24.3 Å². The van der Waals surface area contributed by atoms with Gasteiger partial charge in [0.25, 0.3) is 0 Å². The molecule has 5 heteroatoms. The summed E-state index contributed by atoms with van der Waals surface area (Å²) in [7, 11) is 1.99. The molecule has 0 fully saturated rings. The lowest BCUT2D eigenvalue weighted by atomic mass is 10.0. The Morgan fingerprint density at radius 2 is 2.00 bits per heavy atom. The fraction of sp³-hybridized carbons (Fsp3) is 0.286. The average molecular weight is 372 g/mol. The van der Waals surface area contributed by atoms with Gasteiger partial charge in [0.1, 0.15) is 11.5 Å². The third-order valence-corrected chi connectivity index (χ3v) is 4.77. The summed E-state index contributed by atoms with van der Waals surface area (Å²) >= 11 is 6.18. The Hall–Kier alpha value is -2.30. The van der Waals surface area contributed by atoms with Gasteiger partial charge < -0.3 is 14.7 Å². The highest BCUT2D eigenvalue weighted by atomic mass is 35.5. The normalized spacial score (nSPS) is 14.8. The van der Waals surface area contributed by atoms with Crippen LogP contribution in [-0.4, -0.2) is 29.4 Å². The Kier molecular flexibility index (Phi) is 5.64. The van der Waals surface area contributed by atoms with Crippen LogP contribution in [0.4, 0.5) is 0 Å². The highest BCUT2D eigenvalue weighted by Crippen LogP contribution is 2.40. The van der Waals surface area contributed by atoms with Crippen molar-refractivity contribution in [2.75, 3.05) is 13.6 Å².